The van der Waals surface area contributed by atoms with Crippen LogP contribution in [-0.2, 0) is 5.41 Å². The van der Waals surface area contributed by atoms with E-state index in [4.69, 9.17) is 0 Å². The molecule has 0 N–H and O–H groups in total. The van der Waals surface area contributed by atoms with Gasteiger partial charge in [-0.3, -0.25) is 4.98 Å². The van der Waals surface area contributed by atoms with E-state index in [0.717, 1.165) is 17.7 Å². The van der Waals surface area contributed by atoms with Crippen molar-refractivity contribution in [2.75, 3.05) is 0 Å². The second-order valence-electron chi connectivity index (χ2n) is 4.88. The molecule has 86 valence electrons. The molecular formula is C16H17N. The maximum absolute atomic E-state index is 4.51. The molecule has 0 fully saturated rings. The monoisotopic (exact) mass is 223 g/mol. The summed E-state index contributed by atoms with van der Waals surface area (Å²) in [6.07, 6.45) is 3.08. The second kappa shape index (κ2) is 4.59. The Morgan fingerprint density at radius 3 is 2.59 bits per heavy atom. The van der Waals surface area contributed by atoms with Crippen molar-refractivity contribution < 1.29 is 0 Å². The van der Waals surface area contributed by atoms with Crippen LogP contribution in [0.25, 0.3) is 11.3 Å². The molecule has 0 saturated heterocycles. The highest BCUT2D eigenvalue weighted by Gasteiger charge is 2.18. The van der Waals surface area contributed by atoms with Crippen LogP contribution in [0.2, 0.25) is 0 Å². The van der Waals surface area contributed by atoms with Crippen LogP contribution in [0.3, 0.4) is 0 Å². The first-order valence-electron chi connectivity index (χ1n) is 5.99. The molecule has 0 aliphatic heterocycles. The van der Waals surface area contributed by atoms with E-state index < -0.39 is 0 Å². The number of hydrogen-bond donors (Lipinski definition) is 0. The lowest BCUT2D eigenvalue weighted by molar-refractivity contribution is 0.504. The minimum atomic E-state index is 0.193. The third-order valence-electron chi connectivity index (χ3n) is 3.35. The normalized spacial score (nSPS) is 11.0. The van der Waals surface area contributed by atoms with Crippen molar-refractivity contribution in [2.24, 2.45) is 0 Å². The lowest BCUT2D eigenvalue weighted by Gasteiger charge is -2.22. The van der Waals surface area contributed by atoms with Crippen molar-refractivity contribution in [1.29, 1.82) is 0 Å². The third-order valence-corrected chi connectivity index (χ3v) is 3.35. The molecule has 0 aliphatic carbocycles. The molecule has 0 unspecified atom stereocenters. The van der Waals surface area contributed by atoms with E-state index in [-0.39, 0.29) is 5.41 Å². The van der Waals surface area contributed by atoms with Crippen LogP contribution in [0.4, 0.5) is 0 Å². The molecule has 2 aromatic rings. The molecule has 1 nitrogen and oxygen atoms in total. The lowest BCUT2D eigenvalue weighted by atomic mass is 9.83. The molecule has 0 aliphatic rings. The predicted molar refractivity (Wildman–Crippen MR) is 70.7 cm³/mol. The summed E-state index contributed by atoms with van der Waals surface area (Å²) in [4.78, 5) is 4.51. The van der Waals surface area contributed by atoms with Crippen molar-refractivity contribution in [3.63, 3.8) is 0 Å². The van der Waals surface area contributed by atoms with Crippen molar-refractivity contribution in [3.05, 3.63) is 54.2 Å². The van der Waals surface area contributed by atoms with E-state index in [1.54, 1.807) is 0 Å². The number of nitrogens with zero attached hydrogens (tertiary/aromatic N) is 1. The van der Waals surface area contributed by atoms with E-state index in [2.05, 4.69) is 50.0 Å². The smallest absolute Gasteiger partial charge is 0.0786 e. The summed E-state index contributed by atoms with van der Waals surface area (Å²) >= 11 is 0. The quantitative estimate of drug-likeness (QED) is 0.765. The molecule has 2 rings (SSSR count). The van der Waals surface area contributed by atoms with Gasteiger partial charge < -0.3 is 0 Å². The highest BCUT2D eigenvalue weighted by atomic mass is 14.7. The highest BCUT2D eigenvalue weighted by molar-refractivity contribution is 5.56. The first kappa shape index (κ1) is 11.7. The van der Waals surface area contributed by atoms with Gasteiger partial charge in [0, 0.05) is 6.20 Å². The Balaban J connectivity index is 2.31. The maximum Gasteiger partial charge on any atom is 0.0786 e. The van der Waals surface area contributed by atoms with Crippen molar-refractivity contribution in [3.8, 4) is 11.3 Å². The topological polar surface area (TPSA) is 12.9 Å². The molecule has 0 radical (unpaired) electrons. The first-order valence-corrected chi connectivity index (χ1v) is 5.99. The summed E-state index contributed by atoms with van der Waals surface area (Å²) in [5.74, 6) is 0. The summed E-state index contributed by atoms with van der Waals surface area (Å²) in [6.45, 7) is 6.69. The molecule has 0 bridgehead atoms. The average Bonchev–Trinajstić information content (AvgIpc) is 2.40. The first-order chi connectivity index (χ1) is 8.13. The Kier molecular flexibility index (Phi) is 3.15. The van der Waals surface area contributed by atoms with E-state index in [0.29, 0.717) is 0 Å². The molecule has 1 heterocycles. The van der Waals surface area contributed by atoms with Gasteiger partial charge in [0.1, 0.15) is 0 Å². The van der Waals surface area contributed by atoms with E-state index >= 15 is 0 Å². The van der Waals surface area contributed by atoms with Gasteiger partial charge >= 0.3 is 0 Å². The zero-order chi connectivity index (χ0) is 12.3. The van der Waals surface area contributed by atoms with Crippen molar-refractivity contribution in [2.45, 2.75) is 32.6 Å². The number of hydrogen-bond acceptors (Lipinski definition) is 1. The van der Waals surface area contributed by atoms with Crippen LogP contribution in [0.5, 0.6) is 0 Å². The molecular weight excluding hydrogens is 206 g/mol. The number of pyridine rings is 1. The van der Waals surface area contributed by atoms with Crippen LogP contribution in [-0.4, -0.2) is 4.98 Å². The zero-order valence-electron chi connectivity index (χ0n) is 10.6. The Morgan fingerprint density at radius 1 is 1.24 bits per heavy atom. The van der Waals surface area contributed by atoms with Gasteiger partial charge in [0.05, 0.1) is 11.3 Å². The van der Waals surface area contributed by atoms with Gasteiger partial charge in [0.15, 0.2) is 0 Å². The van der Waals surface area contributed by atoms with Gasteiger partial charge in [-0.2, -0.15) is 0 Å². The van der Waals surface area contributed by atoms with Gasteiger partial charge in [-0.25, -0.2) is 0 Å². The van der Waals surface area contributed by atoms with Crippen LogP contribution >= 0.6 is 0 Å². The predicted octanol–water partition coefficient (Wildman–Crippen LogP) is 4.04. The molecule has 0 atom stereocenters. The molecule has 17 heavy (non-hydrogen) atoms. The van der Waals surface area contributed by atoms with Crippen LogP contribution < -0.4 is 0 Å². The fraction of sp³-hybridized carbons (Fsp3) is 0.312. The largest absolute Gasteiger partial charge is 0.255 e. The average molecular weight is 223 g/mol. The van der Waals surface area contributed by atoms with Gasteiger partial charge in [-0.15, -0.1) is 0 Å². The van der Waals surface area contributed by atoms with Crippen molar-refractivity contribution in [1.82, 2.24) is 4.98 Å². The van der Waals surface area contributed by atoms with Gasteiger partial charge in [0.25, 0.3) is 0 Å². The van der Waals surface area contributed by atoms with Gasteiger partial charge in [0.2, 0.25) is 0 Å². The van der Waals surface area contributed by atoms with Gasteiger partial charge in [-0.1, -0.05) is 45.0 Å². The third kappa shape index (κ3) is 2.47. The Morgan fingerprint density at radius 2 is 2.06 bits per heavy atom. The second-order valence-corrected chi connectivity index (χ2v) is 4.88. The van der Waals surface area contributed by atoms with Crippen LogP contribution in [0.15, 0.2) is 36.5 Å². The minimum Gasteiger partial charge on any atom is -0.255 e. The van der Waals surface area contributed by atoms with Crippen molar-refractivity contribution >= 4 is 0 Å². The highest BCUT2D eigenvalue weighted by Crippen LogP contribution is 2.27. The van der Waals surface area contributed by atoms with E-state index in [9.17, 15) is 0 Å². The SMILES string of the molecule is CCC(C)(C)c1ccc(-c2c#cccc2)nc1. The minimum absolute atomic E-state index is 0.193. The summed E-state index contributed by atoms with van der Waals surface area (Å²) in [5.41, 5.74) is 3.42. The Hall–Kier alpha value is -1.81. The fourth-order valence-corrected chi connectivity index (χ4v) is 1.66. The molecule has 0 amide bonds. The number of rotatable bonds is 3. The Bertz CT molecular complexity index is 469. The standard InChI is InChI=1S/C16H17N/c1-4-16(2,3)14-10-11-15(17-12-14)13-8-6-5-7-9-13/h5-6,8,10-12H,4H2,1-3H3. The summed E-state index contributed by atoms with van der Waals surface area (Å²) in [7, 11) is 0. The molecule has 1 heteroatoms. The maximum atomic E-state index is 4.51. The molecule has 1 aromatic carbocycles. The molecule has 1 aromatic heterocycles. The van der Waals surface area contributed by atoms with E-state index in [1.807, 2.05) is 24.4 Å². The number of aromatic nitrogens is 1. The van der Waals surface area contributed by atoms with Gasteiger partial charge in [-0.05, 0) is 35.6 Å². The Labute approximate surface area is 104 Å². The summed E-state index contributed by atoms with van der Waals surface area (Å²) < 4.78 is 0. The molecule has 0 spiro atoms. The summed E-state index contributed by atoms with van der Waals surface area (Å²) in [6, 6.07) is 16.0. The van der Waals surface area contributed by atoms with E-state index in [1.165, 1.54) is 5.56 Å². The van der Waals surface area contributed by atoms with Crippen LogP contribution in [0.1, 0.15) is 32.8 Å². The zero-order valence-corrected chi connectivity index (χ0v) is 10.6. The van der Waals surface area contributed by atoms with Crippen LogP contribution in [0, 0.1) is 12.1 Å². The fourth-order valence-electron chi connectivity index (χ4n) is 1.66. The molecule has 0 saturated carbocycles. The summed E-state index contributed by atoms with van der Waals surface area (Å²) in [5, 5.41) is 0. The lowest BCUT2D eigenvalue weighted by Crippen LogP contribution is -2.15.